The molecule has 1 atom stereocenters. The number of aliphatic imine (C=N–C) groups is 1. The van der Waals surface area contributed by atoms with Crippen LogP contribution in [0.25, 0.3) is 5.70 Å². The van der Waals surface area contributed by atoms with E-state index in [9.17, 15) is 0 Å². The number of rotatable bonds is 9. The number of aromatic nitrogens is 1. The molecule has 8 nitrogen and oxygen atoms in total. The van der Waals surface area contributed by atoms with Crippen molar-refractivity contribution in [2.24, 2.45) is 10.7 Å². The number of halogens is 2. The molecule has 0 saturated carbocycles. The minimum Gasteiger partial charge on any atom is -0.396 e. The number of aliphatic hydroxyl groups excluding tert-OH is 2. The Morgan fingerprint density at radius 3 is 2.29 bits per heavy atom. The monoisotopic (exact) mass is 466 g/mol. The summed E-state index contributed by atoms with van der Waals surface area (Å²) in [7, 11) is 0. The molecule has 1 unspecified atom stereocenters. The van der Waals surface area contributed by atoms with Crippen LogP contribution in [-0.2, 0) is 0 Å². The van der Waals surface area contributed by atoms with E-state index >= 15 is 0 Å². The van der Waals surface area contributed by atoms with Gasteiger partial charge in [-0.3, -0.25) is 10.3 Å². The molecule has 1 aromatic heterocycles. The Hall–Kier alpha value is -2.20. The molecule has 0 bridgehead atoms. The van der Waals surface area contributed by atoms with E-state index in [-0.39, 0.29) is 13.2 Å². The van der Waals surface area contributed by atoms with E-state index in [4.69, 9.17) is 39.3 Å². The number of nitrogens with zero attached hydrogens (tertiary/aromatic N) is 3. The standard InChI is InChI=1S/C18H19Cl2N5O.C3H9NO/c19-17-13-16(14-7-10-21-11-8-14)25(20)18(24-17,22-9-4-12-26)23-15-5-2-1-3-6-15;4-2-1-3-5/h1-3,5-8,10-11,13,22-23,26H,4,9,12H2;5H,1-4H2. The lowest BCUT2D eigenvalue weighted by molar-refractivity contribution is 0.226. The molecular formula is C21H28Cl2N6O2. The summed E-state index contributed by atoms with van der Waals surface area (Å²) in [6.07, 6.45) is 6.34. The number of nitrogens with two attached hydrogens (primary N) is 1. The first-order valence-corrected chi connectivity index (χ1v) is 10.6. The first-order valence-electron chi connectivity index (χ1n) is 9.90. The first kappa shape index (κ1) is 25.1. The highest BCUT2D eigenvalue weighted by Crippen LogP contribution is 2.34. The van der Waals surface area contributed by atoms with Gasteiger partial charge in [-0.05, 0) is 43.7 Å². The molecule has 6 N–H and O–H groups in total. The number of anilines is 1. The van der Waals surface area contributed by atoms with Crippen LogP contribution in [0.2, 0.25) is 0 Å². The van der Waals surface area contributed by atoms with Crippen LogP contribution >= 0.6 is 23.4 Å². The Morgan fingerprint density at radius 1 is 1.03 bits per heavy atom. The molecule has 1 aliphatic heterocycles. The topological polar surface area (TPSA) is 119 Å². The second-order valence-electron chi connectivity index (χ2n) is 6.51. The average molecular weight is 467 g/mol. The zero-order valence-corrected chi connectivity index (χ0v) is 18.6. The van der Waals surface area contributed by atoms with Gasteiger partial charge >= 0.3 is 0 Å². The zero-order valence-electron chi connectivity index (χ0n) is 17.1. The van der Waals surface area contributed by atoms with Crippen molar-refractivity contribution in [2.45, 2.75) is 18.8 Å². The van der Waals surface area contributed by atoms with E-state index < -0.39 is 5.91 Å². The van der Waals surface area contributed by atoms with Gasteiger partial charge in [0.2, 0.25) is 0 Å². The molecule has 3 rings (SSSR count). The Balaban J connectivity index is 0.000000614. The number of benzene rings is 1. The number of allylic oxidation sites excluding steroid dienone is 1. The Kier molecular flexibility index (Phi) is 10.7. The van der Waals surface area contributed by atoms with E-state index in [2.05, 4.69) is 20.6 Å². The van der Waals surface area contributed by atoms with Gasteiger partial charge in [0.25, 0.3) is 5.91 Å². The van der Waals surface area contributed by atoms with Crippen molar-refractivity contribution in [3.63, 3.8) is 0 Å². The maximum Gasteiger partial charge on any atom is 0.284 e. The minimum atomic E-state index is -1.21. The molecule has 31 heavy (non-hydrogen) atoms. The average Bonchev–Trinajstić information content (AvgIpc) is 2.79. The molecule has 1 aliphatic rings. The summed E-state index contributed by atoms with van der Waals surface area (Å²) in [4.78, 5) is 8.56. The fourth-order valence-electron chi connectivity index (χ4n) is 2.68. The van der Waals surface area contributed by atoms with Gasteiger partial charge in [-0.15, -0.1) is 0 Å². The third kappa shape index (κ3) is 7.46. The van der Waals surface area contributed by atoms with Gasteiger partial charge in [-0.25, -0.2) is 9.41 Å². The lowest BCUT2D eigenvalue weighted by Gasteiger charge is -2.42. The van der Waals surface area contributed by atoms with E-state index in [0.29, 0.717) is 30.4 Å². The molecule has 2 heterocycles. The Morgan fingerprint density at radius 2 is 1.71 bits per heavy atom. The number of nitrogens with one attached hydrogen (secondary N) is 2. The lowest BCUT2D eigenvalue weighted by atomic mass is 10.1. The fourth-order valence-corrected chi connectivity index (χ4v) is 3.19. The summed E-state index contributed by atoms with van der Waals surface area (Å²) < 4.78 is 1.47. The predicted octanol–water partition coefficient (Wildman–Crippen LogP) is 2.55. The summed E-state index contributed by atoms with van der Waals surface area (Å²) >= 11 is 13.1. The largest absolute Gasteiger partial charge is 0.396 e. The third-order valence-electron chi connectivity index (χ3n) is 4.16. The van der Waals surface area contributed by atoms with Crippen molar-refractivity contribution in [3.05, 3.63) is 66.5 Å². The van der Waals surface area contributed by atoms with Crippen LogP contribution in [0.4, 0.5) is 5.69 Å². The summed E-state index contributed by atoms with van der Waals surface area (Å²) in [6.45, 7) is 1.35. The van der Waals surface area contributed by atoms with E-state index in [1.807, 2.05) is 42.5 Å². The molecule has 0 radical (unpaired) electrons. The van der Waals surface area contributed by atoms with Gasteiger partial charge in [0.1, 0.15) is 5.17 Å². The molecule has 0 amide bonds. The predicted molar refractivity (Wildman–Crippen MR) is 126 cm³/mol. The zero-order chi connectivity index (χ0) is 22.5. The number of para-hydroxylation sites is 1. The van der Waals surface area contributed by atoms with Crippen molar-refractivity contribution in [1.29, 1.82) is 0 Å². The van der Waals surface area contributed by atoms with Gasteiger partial charge < -0.3 is 21.3 Å². The molecule has 0 saturated heterocycles. The number of hydrogen-bond donors (Lipinski definition) is 5. The molecule has 0 fully saturated rings. The van der Waals surface area contributed by atoms with Crippen LogP contribution in [0.5, 0.6) is 0 Å². The van der Waals surface area contributed by atoms with Gasteiger partial charge in [-0.1, -0.05) is 29.8 Å². The molecule has 0 spiro atoms. The first-order chi connectivity index (χ1) is 15.1. The number of aliphatic hydroxyl groups is 2. The summed E-state index contributed by atoms with van der Waals surface area (Å²) in [5.41, 5.74) is 7.33. The molecule has 10 heteroatoms. The van der Waals surface area contributed by atoms with Crippen molar-refractivity contribution in [3.8, 4) is 0 Å². The second-order valence-corrected chi connectivity index (χ2v) is 7.24. The van der Waals surface area contributed by atoms with Crippen LogP contribution in [0, 0.1) is 0 Å². The van der Waals surface area contributed by atoms with Crippen molar-refractivity contribution in [2.75, 3.05) is 31.6 Å². The third-order valence-corrected chi connectivity index (χ3v) is 4.78. The molecular weight excluding hydrogens is 439 g/mol. The molecule has 0 aliphatic carbocycles. The maximum absolute atomic E-state index is 9.13. The normalized spacial score (nSPS) is 17.9. The summed E-state index contributed by atoms with van der Waals surface area (Å²) in [6, 6.07) is 13.3. The van der Waals surface area contributed by atoms with Crippen molar-refractivity contribution < 1.29 is 10.2 Å². The van der Waals surface area contributed by atoms with Gasteiger partial charge in [-0.2, -0.15) is 0 Å². The number of hydrogen-bond acceptors (Lipinski definition) is 8. The van der Waals surface area contributed by atoms with Crippen LogP contribution in [0.15, 0.2) is 65.9 Å². The summed E-state index contributed by atoms with van der Waals surface area (Å²) in [5.74, 6) is -1.21. The minimum absolute atomic E-state index is 0.0567. The smallest absolute Gasteiger partial charge is 0.284 e. The number of pyridine rings is 1. The molecule has 2 aromatic rings. The van der Waals surface area contributed by atoms with Gasteiger partial charge in [0.15, 0.2) is 0 Å². The van der Waals surface area contributed by atoms with Crippen molar-refractivity contribution in [1.82, 2.24) is 14.7 Å². The SMILES string of the molecule is NCCCO.OCCCNC1(Nc2ccccc2)N=C(Cl)C=C(c2ccncc2)N1Cl. The van der Waals surface area contributed by atoms with Crippen LogP contribution in [-0.4, -0.2) is 57.0 Å². The Bertz CT molecular complexity index is 836. The van der Waals surface area contributed by atoms with E-state index in [1.54, 1.807) is 18.5 Å². The van der Waals surface area contributed by atoms with Crippen molar-refractivity contribution >= 4 is 39.9 Å². The molecule has 168 valence electrons. The van der Waals surface area contributed by atoms with Gasteiger partial charge in [0.05, 0.1) is 5.70 Å². The van der Waals surface area contributed by atoms with Crippen LogP contribution < -0.4 is 16.4 Å². The lowest BCUT2D eigenvalue weighted by Crippen LogP contribution is -2.60. The highest BCUT2D eigenvalue weighted by atomic mass is 35.5. The van der Waals surface area contributed by atoms with E-state index in [1.165, 1.54) is 4.42 Å². The fraction of sp³-hybridized carbons (Fsp3) is 0.333. The van der Waals surface area contributed by atoms with Crippen LogP contribution in [0.1, 0.15) is 18.4 Å². The second kappa shape index (κ2) is 13.3. The summed E-state index contributed by atoms with van der Waals surface area (Å²) in [5, 5.41) is 24.0. The highest BCUT2D eigenvalue weighted by Gasteiger charge is 2.40. The molecule has 1 aromatic carbocycles. The van der Waals surface area contributed by atoms with Crippen LogP contribution in [0.3, 0.4) is 0 Å². The van der Waals surface area contributed by atoms with Gasteiger partial charge in [0, 0.05) is 61.3 Å². The Labute approximate surface area is 192 Å². The maximum atomic E-state index is 9.13. The van der Waals surface area contributed by atoms with E-state index in [0.717, 1.165) is 17.7 Å². The highest BCUT2D eigenvalue weighted by molar-refractivity contribution is 6.69. The quantitative estimate of drug-likeness (QED) is 0.219.